The molecule has 1 fully saturated rings. The van der Waals surface area contributed by atoms with Crippen LogP contribution in [0.1, 0.15) is 25.6 Å². The van der Waals surface area contributed by atoms with Gasteiger partial charge in [0.2, 0.25) is 10.0 Å². The maximum atomic E-state index is 12.6. The third kappa shape index (κ3) is 3.05. The SMILES string of the molecule is COC[C@@H](C)S(=O)(=O)N1CCC[C@@H]1Cn1ccnc1C. The predicted molar refractivity (Wildman–Crippen MR) is 76.9 cm³/mol. The summed E-state index contributed by atoms with van der Waals surface area (Å²) in [6.45, 7) is 5.15. The highest BCUT2D eigenvalue weighted by Crippen LogP contribution is 2.25. The van der Waals surface area contributed by atoms with E-state index in [1.165, 1.54) is 7.11 Å². The van der Waals surface area contributed by atoms with Crippen molar-refractivity contribution in [2.75, 3.05) is 20.3 Å². The van der Waals surface area contributed by atoms with E-state index in [9.17, 15) is 8.42 Å². The number of aromatic nitrogens is 2. The van der Waals surface area contributed by atoms with Crippen LogP contribution >= 0.6 is 0 Å². The molecule has 2 atom stereocenters. The molecule has 2 rings (SSSR count). The maximum absolute atomic E-state index is 12.6. The fourth-order valence-corrected chi connectivity index (χ4v) is 4.44. The first-order valence-corrected chi connectivity index (χ1v) is 8.44. The fourth-order valence-electron chi connectivity index (χ4n) is 2.70. The van der Waals surface area contributed by atoms with E-state index in [1.807, 2.05) is 17.7 Å². The van der Waals surface area contributed by atoms with E-state index in [2.05, 4.69) is 4.98 Å². The van der Waals surface area contributed by atoms with Gasteiger partial charge in [-0.05, 0) is 26.7 Å². The quantitative estimate of drug-likeness (QED) is 0.787. The molecule has 6 nitrogen and oxygen atoms in total. The summed E-state index contributed by atoms with van der Waals surface area (Å²) < 4.78 is 33.8. The van der Waals surface area contributed by atoms with Crippen molar-refractivity contribution in [3.05, 3.63) is 18.2 Å². The third-order valence-electron chi connectivity index (χ3n) is 3.89. The molecule has 0 amide bonds. The van der Waals surface area contributed by atoms with Gasteiger partial charge in [0.1, 0.15) is 5.82 Å². The van der Waals surface area contributed by atoms with Crippen LogP contribution in [0.2, 0.25) is 0 Å². The third-order valence-corrected chi connectivity index (χ3v) is 6.18. The predicted octanol–water partition coefficient (Wildman–Crippen LogP) is 1.02. The molecule has 0 spiro atoms. The standard InChI is InChI=1S/C13H23N3O3S/c1-11(10-19-3)20(17,18)16-7-4-5-13(16)9-15-8-6-14-12(15)2/h6,8,11,13H,4-5,7,9-10H2,1-3H3/t11-,13-/m1/s1. The zero-order chi connectivity index (χ0) is 14.8. The van der Waals surface area contributed by atoms with E-state index in [-0.39, 0.29) is 12.6 Å². The summed E-state index contributed by atoms with van der Waals surface area (Å²) in [6.07, 6.45) is 5.46. The van der Waals surface area contributed by atoms with Gasteiger partial charge in [-0.2, -0.15) is 4.31 Å². The van der Waals surface area contributed by atoms with E-state index in [1.54, 1.807) is 17.4 Å². The number of hydrogen-bond donors (Lipinski definition) is 0. The number of aryl methyl sites for hydroxylation is 1. The van der Waals surface area contributed by atoms with Gasteiger partial charge in [0.15, 0.2) is 0 Å². The Kier molecular flexibility index (Phi) is 4.82. The minimum Gasteiger partial charge on any atom is -0.383 e. The molecule has 1 saturated heterocycles. The summed E-state index contributed by atoms with van der Waals surface area (Å²) >= 11 is 0. The van der Waals surface area contributed by atoms with Gasteiger partial charge in [0, 0.05) is 38.6 Å². The van der Waals surface area contributed by atoms with Crippen LogP contribution in [0.5, 0.6) is 0 Å². The van der Waals surface area contributed by atoms with Gasteiger partial charge in [0.25, 0.3) is 0 Å². The van der Waals surface area contributed by atoms with Gasteiger partial charge in [0.05, 0.1) is 11.9 Å². The molecule has 2 heterocycles. The van der Waals surface area contributed by atoms with Crippen molar-refractivity contribution in [3.8, 4) is 0 Å². The lowest BCUT2D eigenvalue weighted by molar-refractivity contribution is 0.197. The van der Waals surface area contributed by atoms with Crippen molar-refractivity contribution >= 4 is 10.0 Å². The van der Waals surface area contributed by atoms with Crippen molar-refractivity contribution in [2.24, 2.45) is 0 Å². The van der Waals surface area contributed by atoms with Crippen molar-refractivity contribution in [1.82, 2.24) is 13.9 Å². The molecule has 0 aromatic carbocycles. The Bertz CT molecular complexity index is 541. The van der Waals surface area contributed by atoms with Crippen molar-refractivity contribution in [3.63, 3.8) is 0 Å². The molecule has 0 bridgehead atoms. The molecule has 1 aromatic heterocycles. The molecular weight excluding hydrogens is 278 g/mol. The summed E-state index contributed by atoms with van der Waals surface area (Å²) in [5.41, 5.74) is 0. The van der Waals surface area contributed by atoms with Crippen LogP contribution in [-0.4, -0.2) is 53.8 Å². The lowest BCUT2D eigenvalue weighted by atomic mass is 10.2. The number of nitrogens with zero attached hydrogens (tertiary/aromatic N) is 3. The average Bonchev–Trinajstić information content (AvgIpc) is 3.00. The zero-order valence-corrected chi connectivity index (χ0v) is 13.1. The number of rotatable bonds is 6. The van der Waals surface area contributed by atoms with Crippen LogP contribution in [0.3, 0.4) is 0 Å². The highest BCUT2D eigenvalue weighted by molar-refractivity contribution is 7.89. The maximum Gasteiger partial charge on any atom is 0.219 e. The normalized spacial score (nSPS) is 22.2. The second kappa shape index (κ2) is 6.24. The topological polar surface area (TPSA) is 64.4 Å². The van der Waals surface area contributed by atoms with Gasteiger partial charge in [-0.25, -0.2) is 13.4 Å². The largest absolute Gasteiger partial charge is 0.383 e. The summed E-state index contributed by atoms with van der Waals surface area (Å²) in [7, 11) is -1.76. The van der Waals surface area contributed by atoms with Gasteiger partial charge in [-0.1, -0.05) is 0 Å². The highest BCUT2D eigenvalue weighted by atomic mass is 32.2. The number of imidazole rings is 1. The summed E-state index contributed by atoms with van der Waals surface area (Å²) in [4.78, 5) is 4.19. The average molecular weight is 301 g/mol. The first-order valence-electron chi connectivity index (χ1n) is 6.94. The molecule has 20 heavy (non-hydrogen) atoms. The highest BCUT2D eigenvalue weighted by Gasteiger charge is 2.37. The Morgan fingerprint density at radius 1 is 1.55 bits per heavy atom. The van der Waals surface area contributed by atoms with Crippen LogP contribution in [0, 0.1) is 6.92 Å². The van der Waals surface area contributed by atoms with E-state index >= 15 is 0 Å². The van der Waals surface area contributed by atoms with Crippen LogP contribution in [0.25, 0.3) is 0 Å². The molecule has 0 N–H and O–H groups in total. The van der Waals surface area contributed by atoms with Crippen molar-refractivity contribution in [2.45, 2.75) is 44.5 Å². The van der Waals surface area contributed by atoms with Crippen molar-refractivity contribution < 1.29 is 13.2 Å². The first-order chi connectivity index (χ1) is 9.46. The second-order valence-corrected chi connectivity index (χ2v) is 7.65. The Labute approximate surface area is 120 Å². The van der Waals surface area contributed by atoms with E-state index in [0.29, 0.717) is 13.1 Å². The van der Waals surface area contributed by atoms with E-state index < -0.39 is 15.3 Å². The molecule has 0 unspecified atom stereocenters. The first kappa shape index (κ1) is 15.5. The van der Waals surface area contributed by atoms with Crippen LogP contribution in [0.4, 0.5) is 0 Å². The van der Waals surface area contributed by atoms with Crippen molar-refractivity contribution in [1.29, 1.82) is 0 Å². The number of sulfonamides is 1. The number of ether oxygens (including phenoxy) is 1. The Balaban J connectivity index is 2.13. The van der Waals surface area contributed by atoms with Gasteiger partial charge >= 0.3 is 0 Å². The second-order valence-electron chi connectivity index (χ2n) is 5.34. The Morgan fingerprint density at radius 2 is 2.30 bits per heavy atom. The van der Waals surface area contributed by atoms with Crippen LogP contribution in [-0.2, 0) is 21.3 Å². The van der Waals surface area contributed by atoms with Gasteiger partial charge < -0.3 is 9.30 Å². The Hall–Kier alpha value is -0.920. The van der Waals surface area contributed by atoms with Gasteiger partial charge in [-0.3, -0.25) is 0 Å². The molecule has 7 heteroatoms. The molecule has 1 aliphatic rings. The molecular formula is C13H23N3O3S. The molecule has 0 radical (unpaired) electrons. The fraction of sp³-hybridized carbons (Fsp3) is 0.769. The van der Waals surface area contributed by atoms with E-state index in [0.717, 1.165) is 18.7 Å². The van der Waals surface area contributed by atoms with E-state index in [4.69, 9.17) is 4.74 Å². The minimum absolute atomic E-state index is 0.0206. The van der Waals surface area contributed by atoms with Crippen LogP contribution < -0.4 is 0 Å². The lowest BCUT2D eigenvalue weighted by Crippen LogP contribution is -2.43. The monoisotopic (exact) mass is 301 g/mol. The van der Waals surface area contributed by atoms with Crippen LogP contribution in [0.15, 0.2) is 12.4 Å². The summed E-state index contributed by atoms with van der Waals surface area (Å²) in [5, 5.41) is -0.503. The molecule has 114 valence electrons. The number of hydrogen-bond acceptors (Lipinski definition) is 4. The molecule has 0 saturated carbocycles. The lowest BCUT2D eigenvalue weighted by Gasteiger charge is -2.27. The number of methoxy groups -OCH3 is 1. The summed E-state index contributed by atoms with van der Waals surface area (Å²) in [5.74, 6) is 0.916. The zero-order valence-electron chi connectivity index (χ0n) is 12.3. The molecule has 1 aromatic rings. The minimum atomic E-state index is -3.29. The van der Waals surface area contributed by atoms with Gasteiger partial charge in [-0.15, -0.1) is 0 Å². The molecule has 0 aliphatic carbocycles. The summed E-state index contributed by atoms with van der Waals surface area (Å²) in [6, 6.07) is 0.0206. The smallest absolute Gasteiger partial charge is 0.219 e. The molecule has 1 aliphatic heterocycles. The Morgan fingerprint density at radius 3 is 2.90 bits per heavy atom.